The van der Waals surface area contributed by atoms with Crippen LogP contribution in [-0.2, 0) is 28.6 Å². The molecule has 0 aromatic carbocycles. The maximum absolute atomic E-state index is 12.9. The van der Waals surface area contributed by atoms with E-state index in [2.05, 4.69) is 69.4 Å². The lowest BCUT2D eigenvalue weighted by Crippen LogP contribution is -2.30. The van der Waals surface area contributed by atoms with Gasteiger partial charge < -0.3 is 14.2 Å². The Balaban J connectivity index is 4.15. The summed E-state index contributed by atoms with van der Waals surface area (Å²) in [6.07, 6.45) is 79.9. The van der Waals surface area contributed by atoms with Crippen LogP contribution in [0.25, 0.3) is 0 Å². The molecule has 0 rings (SSSR count). The smallest absolute Gasteiger partial charge is 0.306 e. The number of carbonyl (C=O) groups is 3. The van der Waals surface area contributed by atoms with Crippen molar-refractivity contribution in [2.45, 2.75) is 361 Å². The normalized spacial score (nSPS) is 12.3. The lowest BCUT2D eigenvalue weighted by Gasteiger charge is -2.18. The average Bonchev–Trinajstić information content (AvgIpc) is 3.41. The predicted octanol–water partition coefficient (Wildman–Crippen LogP) is 22.6. The summed E-state index contributed by atoms with van der Waals surface area (Å²) in [5, 5.41) is 0. The van der Waals surface area contributed by atoms with E-state index < -0.39 is 6.10 Å². The molecular weight excluding hydrogens is 925 g/mol. The first kappa shape index (κ1) is 72.4. The maximum atomic E-state index is 12.9. The largest absolute Gasteiger partial charge is 0.462 e. The molecule has 0 N–H and O–H groups in total. The van der Waals surface area contributed by atoms with Crippen molar-refractivity contribution in [2.24, 2.45) is 0 Å². The van der Waals surface area contributed by atoms with Gasteiger partial charge in [-0.1, -0.05) is 288 Å². The van der Waals surface area contributed by atoms with E-state index in [0.29, 0.717) is 19.3 Å². The highest BCUT2D eigenvalue weighted by molar-refractivity contribution is 5.71. The molecule has 6 nitrogen and oxygen atoms in total. The van der Waals surface area contributed by atoms with Crippen molar-refractivity contribution in [3.8, 4) is 0 Å². The highest BCUT2D eigenvalue weighted by Gasteiger charge is 2.19. The first-order chi connectivity index (χ1) is 37.0. The van der Waals surface area contributed by atoms with Crippen molar-refractivity contribution >= 4 is 17.9 Å². The fraction of sp³-hybridized carbons (Fsp3) is 0.841. The summed E-state index contributed by atoms with van der Waals surface area (Å²) < 4.78 is 16.9. The van der Waals surface area contributed by atoms with E-state index in [4.69, 9.17) is 14.2 Å². The Hall–Kier alpha value is -2.63. The van der Waals surface area contributed by atoms with Gasteiger partial charge in [0.25, 0.3) is 0 Å². The molecule has 1 atom stereocenters. The molecule has 0 spiro atoms. The second-order valence-electron chi connectivity index (χ2n) is 22.4. The molecule has 0 heterocycles. The molecule has 0 aromatic heterocycles. The van der Waals surface area contributed by atoms with E-state index in [-0.39, 0.29) is 31.1 Å². The topological polar surface area (TPSA) is 78.9 Å². The Labute approximate surface area is 467 Å². The standard InChI is InChI=1S/C69H126O6/c1-4-7-10-13-16-19-22-24-26-28-29-30-31-32-33-34-35-36-37-38-39-41-42-44-47-50-53-56-59-62-68(71)74-65-66(64-73-67(70)61-58-55-52-49-46-21-18-15-12-9-6-3)75-69(72)63-60-57-54-51-48-45-43-40-27-25-23-20-17-14-11-8-5-2/h15,18,22,24-25,27-29,66H,4-14,16-17,19-21,23,26,30-65H2,1-3H3/b18-15-,24-22-,27-25-,29-28-. The third-order valence-corrected chi connectivity index (χ3v) is 14.8. The van der Waals surface area contributed by atoms with Crippen LogP contribution in [0.1, 0.15) is 355 Å². The highest BCUT2D eigenvalue weighted by atomic mass is 16.6. The van der Waals surface area contributed by atoms with Gasteiger partial charge in [-0.05, 0) is 96.3 Å². The van der Waals surface area contributed by atoms with Gasteiger partial charge in [0.15, 0.2) is 6.10 Å². The Morgan fingerprint density at radius 3 is 0.787 bits per heavy atom. The van der Waals surface area contributed by atoms with E-state index in [1.54, 1.807) is 0 Å². The summed E-state index contributed by atoms with van der Waals surface area (Å²) in [6.45, 7) is 6.62. The van der Waals surface area contributed by atoms with Crippen LogP contribution in [0, 0.1) is 0 Å². The summed E-state index contributed by atoms with van der Waals surface area (Å²) in [5.74, 6) is -0.870. The number of hydrogen-bond donors (Lipinski definition) is 0. The molecule has 0 aromatic rings. The Bertz CT molecular complexity index is 1300. The van der Waals surface area contributed by atoms with Gasteiger partial charge in [0.05, 0.1) is 0 Å². The van der Waals surface area contributed by atoms with Crippen LogP contribution < -0.4 is 0 Å². The van der Waals surface area contributed by atoms with Gasteiger partial charge >= 0.3 is 17.9 Å². The lowest BCUT2D eigenvalue weighted by atomic mass is 10.0. The molecule has 0 aliphatic rings. The van der Waals surface area contributed by atoms with Gasteiger partial charge in [-0.2, -0.15) is 0 Å². The van der Waals surface area contributed by atoms with Crippen LogP contribution in [0.2, 0.25) is 0 Å². The minimum atomic E-state index is -0.777. The van der Waals surface area contributed by atoms with Crippen molar-refractivity contribution in [2.75, 3.05) is 13.2 Å². The third-order valence-electron chi connectivity index (χ3n) is 14.8. The van der Waals surface area contributed by atoms with E-state index in [0.717, 1.165) is 70.6 Å². The van der Waals surface area contributed by atoms with Gasteiger partial charge in [0, 0.05) is 19.3 Å². The summed E-state index contributed by atoms with van der Waals surface area (Å²) in [4.78, 5) is 38.2. The van der Waals surface area contributed by atoms with Crippen molar-refractivity contribution in [1.82, 2.24) is 0 Å². The second kappa shape index (κ2) is 63.9. The highest BCUT2D eigenvalue weighted by Crippen LogP contribution is 2.17. The van der Waals surface area contributed by atoms with Gasteiger partial charge in [0.2, 0.25) is 0 Å². The number of carbonyl (C=O) groups excluding carboxylic acids is 3. The van der Waals surface area contributed by atoms with Crippen molar-refractivity contribution in [3.05, 3.63) is 48.6 Å². The molecular formula is C69H126O6. The fourth-order valence-corrected chi connectivity index (χ4v) is 9.75. The van der Waals surface area contributed by atoms with E-state index in [1.165, 1.54) is 244 Å². The minimum absolute atomic E-state index is 0.0741. The Morgan fingerprint density at radius 2 is 0.493 bits per heavy atom. The zero-order chi connectivity index (χ0) is 54.3. The summed E-state index contributed by atoms with van der Waals surface area (Å²) in [7, 11) is 0. The molecule has 0 aliphatic heterocycles. The average molecular weight is 1050 g/mol. The first-order valence-corrected chi connectivity index (χ1v) is 33.1. The number of hydrogen-bond acceptors (Lipinski definition) is 6. The fourth-order valence-electron chi connectivity index (χ4n) is 9.75. The minimum Gasteiger partial charge on any atom is -0.462 e. The zero-order valence-electron chi connectivity index (χ0n) is 50.3. The van der Waals surface area contributed by atoms with Crippen LogP contribution in [0.4, 0.5) is 0 Å². The zero-order valence-corrected chi connectivity index (χ0v) is 50.3. The maximum Gasteiger partial charge on any atom is 0.306 e. The van der Waals surface area contributed by atoms with E-state index in [1.807, 2.05) is 0 Å². The van der Waals surface area contributed by atoms with Gasteiger partial charge in [0.1, 0.15) is 13.2 Å². The molecule has 438 valence electrons. The monoisotopic (exact) mass is 1050 g/mol. The van der Waals surface area contributed by atoms with Gasteiger partial charge in [-0.3, -0.25) is 14.4 Å². The summed E-state index contributed by atoms with van der Waals surface area (Å²) in [5.41, 5.74) is 0. The Morgan fingerprint density at radius 1 is 0.267 bits per heavy atom. The van der Waals surface area contributed by atoms with Crippen LogP contribution in [0.15, 0.2) is 48.6 Å². The van der Waals surface area contributed by atoms with Crippen LogP contribution >= 0.6 is 0 Å². The van der Waals surface area contributed by atoms with Crippen molar-refractivity contribution < 1.29 is 28.6 Å². The number of allylic oxidation sites excluding steroid dienone is 8. The van der Waals surface area contributed by atoms with Crippen molar-refractivity contribution in [3.63, 3.8) is 0 Å². The molecule has 0 saturated carbocycles. The van der Waals surface area contributed by atoms with Crippen LogP contribution in [0.5, 0.6) is 0 Å². The Kier molecular flexibility index (Phi) is 61.7. The summed E-state index contributed by atoms with van der Waals surface area (Å²) >= 11 is 0. The van der Waals surface area contributed by atoms with Gasteiger partial charge in [-0.15, -0.1) is 0 Å². The molecule has 0 amide bonds. The van der Waals surface area contributed by atoms with Crippen molar-refractivity contribution in [1.29, 1.82) is 0 Å². The molecule has 0 aliphatic carbocycles. The first-order valence-electron chi connectivity index (χ1n) is 33.1. The molecule has 0 saturated heterocycles. The number of rotatable bonds is 61. The molecule has 0 bridgehead atoms. The van der Waals surface area contributed by atoms with Crippen LogP contribution in [-0.4, -0.2) is 37.2 Å². The predicted molar refractivity (Wildman–Crippen MR) is 325 cm³/mol. The molecule has 0 radical (unpaired) electrons. The summed E-state index contributed by atoms with van der Waals surface area (Å²) in [6, 6.07) is 0. The SMILES string of the molecule is CCCC/C=C\CCCCCCCC(=O)OCC(COC(=O)CCCCCCCCCCCCCCCCCCC/C=C\C/C=C\CCCCCCC)OC(=O)CCCCCCCCC/C=C\CCCCCCCC. The molecule has 6 heteroatoms. The number of esters is 3. The van der Waals surface area contributed by atoms with Gasteiger partial charge in [-0.25, -0.2) is 0 Å². The quantitative estimate of drug-likeness (QED) is 0.0261. The third kappa shape index (κ3) is 62.1. The number of unbranched alkanes of at least 4 members (excludes halogenated alkanes) is 42. The molecule has 75 heavy (non-hydrogen) atoms. The van der Waals surface area contributed by atoms with E-state index >= 15 is 0 Å². The van der Waals surface area contributed by atoms with Crippen LogP contribution in [0.3, 0.4) is 0 Å². The second-order valence-corrected chi connectivity index (χ2v) is 22.4. The molecule has 0 fully saturated rings. The molecule has 1 unspecified atom stereocenters. The lowest BCUT2D eigenvalue weighted by molar-refractivity contribution is -0.167. The number of ether oxygens (including phenoxy) is 3. The van der Waals surface area contributed by atoms with E-state index in [9.17, 15) is 14.4 Å².